The molecule has 0 aliphatic rings. The van der Waals surface area contributed by atoms with Crippen LogP contribution in [0, 0.1) is 11.3 Å². The number of benzene rings is 2. The molecule has 0 aliphatic carbocycles. The number of halogens is 3. The molecule has 1 heterocycles. The highest BCUT2D eigenvalue weighted by molar-refractivity contribution is 7.77. The van der Waals surface area contributed by atoms with Gasteiger partial charge in [-0.05, 0) is 48.4 Å². The summed E-state index contributed by atoms with van der Waals surface area (Å²) in [4.78, 5) is 12.1. The first-order valence-corrected chi connectivity index (χ1v) is 11.2. The van der Waals surface area contributed by atoms with E-state index in [4.69, 9.17) is 14.7 Å². The van der Waals surface area contributed by atoms with E-state index in [1.165, 1.54) is 17.8 Å². The molecule has 0 bridgehead atoms. The van der Waals surface area contributed by atoms with Crippen molar-refractivity contribution < 1.29 is 31.4 Å². The summed E-state index contributed by atoms with van der Waals surface area (Å²) in [6.07, 6.45) is -3.01. The van der Waals surface area contributed by atoms with E-state index in [0.717, 1.165) is 6.07 Å². The summed E-state index contributed by atoms with van der Waals surface area (Å²) < 4.78 is 74.4. The summed E-state index contributed by atoms with van der Waals surface area (Å²) in [5, 5.41) is 8.98. The highest BCUT2D eigenvalue weighted by Gasteiger charge is 2.29. The number of aryl methyl sites for hydroxylation is 1. The summed E-state index contributed by atoms with van der Waals surface area (Å²) in [6, 6.07) is 14.0. The second-order valence-electron chi connectivity index (χ2n) is 7.35. The fourth-order valence-corrected chi connectivity index (χ4v) is 3.40. The highest BCUT2D eigenvalue weighted by Crippen LogP contribution is 2.39. The molecule has 8 nitrogen and oxygen atoms in total. The quantitative estimate of drug-likeness (QED) is 0.444. The van der Waals surface area contributed by atoms with Crippen molar-refractivity contribution in [1.82, 2.24) is 9.29 Å². The summed E-state index contributed by atoms with van der Waals surface area (Å²) in [5.41, 5.74) is 0.988. The Balaban J connectivity index is 2.08. The van der Waals surface area contributed by atoms with Gasteiger partial charge in [0.05, 0.1) is 11.6 Å². The van der Waals surface area contributed by atoms with E-state index in [0.29, 0.717) is 22.4 Å². The second-order valence-corrected chi connectivity index (χ2v) is 8.11. The number of ether oxygens (including phenoxy) is 2. The largest absolute Gasteiger partial charge is 0.760 e. The highest BCUT2D eigenvalue weighted by atomic mass is 32.2. The maximum Gasteiger partial charge on any atom is 0.422 e. The summed E-state index contributed by atoms with van der Waals surface area (Å²) >= 11 is -2.45. The van der Waals surface area contributed by atoms with E-state index >= 15 is 0 Å². The number of pyridine rings is 1. The first-order valence-electron chi connectivity index (χ1n) is 10.1. The third-order valence-corrected chi connectivity index (χ3v) is 5.20. The number of rotatable bonds is 9. The topological polar surface area (TPSA) is 116 Å². The third kappa shape index (κ3) is 7.41. The molecule has 12 heteroatoms. The van der Waals surface area contributed by atoms with E-state index in [9.17, 15) is 26.7 Å². The Morgan fingerprint density at radius 3 is 2.46 bits per heavy atom. The van der Waals surface area contributed by atoms with Crippen LogP contribution in [0.15, 0.2) is 59.5 Å². The molecule has 1 atom stereocenters. The van der Waals surface area contributed by atoms with Crippen LogP contribution < -0.4 is 19.8 Å². The van der Waals surface area contributed by atoms with Crippen molar-refractivity contribution in [2.75, 3.05) is 13.2 Å². The van der Waals surface area contributed by atoms with Crippen LogP contribution in [0.1, 0.15) is 11.1 Å². The zero-order valence-corrected chi connectivity index (χ0v) is 19.1. The van der Waals surface area contributed by atoms with Gasteiger partial charge in [-0.1, -0.05) is 6.07 Å². The lowest BCUT2D eigenvalue weighted by molar-refractivity contribution is -0.153. The molecule has 3 rings (SSSR count). The molecule has 0 radical (unpaired) electrons. The summed E-state index contributed by atoms with van der Waals surface area (Å²) in [6.45, 7) is -1.51. The van der Waals surface area contributed by atoms with Gasteiger partial charge in [0.1, 0.15) is 17.2 Å². The lowest BCUT2D eigenvalue weighted by Gasteiger charge is -2.18. The number of hydrogen-bond acceptors (Lipinski definition) is 6. The molecule has 1 N–H and O–H groups in total. The van der Waals surface area contributed by atoms with Gasteiger partial charge in [-0.25, -0.2) is 4.72 Å². The van der Waals surface area contributed by atoms with Crippen molar-refractivity contribution in [2.45, 2.75) is 12.6 Å². The number of alkyl halides is 3. The third-order valence-electron chi connectivity index (χ3n) is 4.76. The Kier molecular flexibility index (Phi) is 8.29. The van der Waals surface area contributed by atoms with Gasteiger partial charge in [0.25, 0.3) is 5.56 Å². The van der Waals surface area contributed by atoms with Gasteiger partial charge >= 0.3 is 6.18 Å². The molecule has 184 valence electrons. The monoisotopic (exact) mass is 506 g/mol. The Labute approximate surface area is 201 Å². The van der Waals surface area contributed by atoms with E-state index in [1.54, 1.807) is 42.5 Å². The van der Waals surface area contributed by atoms with Crippen molar-refractivity contribution in [2.24, 2.45) is 7.05 Å². The van der Waals surface area contributed by atoms with Crippen molar-refractivity contribution >= 4 is 11.3 Å². The Bertz CT molecular complexity index is 1320. The number of nitrogens with one attached hydrogen (secondary N) is 1. The molecule has 0 fully saturated rings. The second kappa shape index (κ2) is 11.2. The fourth-order valence-electron chi connectivity index (χ4n) is 3.13. The molecular weight excluding hydrogens is 487 g/mol. The molecule has 1 aromatic heterocycles. The van der Waals surface area contributed by atoms with Crippen molar-refractivity contribution in [1.29, 1.82) is 5.26 Å². The molecule has 0 spiro atoms. The van der Waals surface area contributed by atoms with Gasteiger partial charge in [-0.15, -0.1) is 0 Å². The average molecular weight is 506 g/mol. The van der Waals surface area contributed by atoms with Gasteiger partial charge < -0.3 is 18.6 Å². The summed E-state index contributed by atoms with van der Waals surface area (Å²) in [7, 11) is 1.44. The molecule has 35 heavy (non-hydrogen) atoms. The molecule has 0 amide bonds. The minimum atomic E-state index is -4.62. The maximum absolute atomic E-state index is 12.8. The number of nitrogens with zero attached hydrogens (tertiary/aromatic N) is 2. The van der Waals surface area contributed by atoms with Crippen molar-refractivity contribution in [3.05, 3.63) is 76.2 Å². The fraction of sp³-hybridized carbons (Fsp3) is 0.217. The van der Waals surface area contributed by atoms with Crippen LogP contribution in [0.25, 0.3) is 11.1 Å². The van der Waals surface area contributed by atoms with Crippen LogP contribution in [0.3, 0.4) is 0 Å². The van der Waals surface area contributed by atoms with Gasteiger partial charge in [-0.3, -0.25) is 9.00 Å². The SMILES string of the molecule is Cn1cc(-c2cc(CCNS(=O)[O-])ccc2Oc2ccc(C#N)cc2)c(OCC(F)(F)F)cc1=O. The summed E-state index contributed by atoms with van der Waals surface area (Å²) in [5.74, 6) is 0.323. The zero-order chi connectivity index (χ0) is 25.6. The van der Waals surface area contributed by atoms with Crippen molar-refractivity contribution in [3.63, 3.8) is 0 Å². The Morgan fingerprint density at radius 1 is 1.11 bits per heavy atom. The maximum atomic E-state index is 12.8. The van der Waals surface area contributed by atoms with Gasteiger partial charge in [0.15, 0.2) is 6.61 Å². The van der Waals surface area contributed by atoms with E-state index in [1.807, 2.05) is 6.07 Å². The molecule has 0 aliphatic heterocycles. The molecule has 3 aromatic rings. The molecular formula is C23H19F3N3O5S-. The smallest absolute Gasteiger partial charge is 0.422 e. The number of aromatic nitrogens is 1. The standard InChI is InChI=1S/C23H20F3N3O5S/c1-29-13-19(21(11-22(29)30)33-14-23(24,25)26)18-10-15(8-9-28-35(31)32)4-7-20(18)34-17-5-2-16(12-27)3-6-17/h2-7,10-11,13,28H,8-9,14H2,1H3,(H,31,32)/p-1. The molecule has 0 saturated carbocycles. The Morgan fingerprint density at radius 2 is 1.83 bits per heavy atom. The van der Waals surface area contributed by atoms with Crippen LogP contribution in [-0.2, 0) is 24.7 Å². The lowest BCUT2D eigenvalue weighted by Crippen LogP contribution is -2.22. The zero-order valence-electron chi connectivity index (χ0n) is 18.3. The van der Waals surface area contributed by atoms with E-state index in [-0.39, 0.29) is 30.0 Å². The van der Waals surface area contributed by atoms with E-state index in [2.05, 4.69) is 4.72 Å². The first kappa shape index (κ1) is 26.0. The van der Waals surface area contributed by atoms with Gasteiger partial charge in [0, 0.05) is 48.2 Å². The molecule has 0 saturated heterocycles. The number of hydrogen-bond donors (Lipinski definition) is 1. The van der Waals surface area contributed by atoms with Crippen LogP contribution >= 0.6 is 0 Å². The van der Waals surface area contributed by atoms with Crippen LogP contribution in [-0.4, -0.2) is 32.7 Å². The average Bonchev–Trinajstić information content (AvgIpc) is 2.80. The lowest BCUT2D eigenvalue weighted by atomic mass is 10.0. The normalized spacial score (nSPS) is 12.1. The minimum Gasteiger partial charge on any atom is -0.760 e. The predicted molar refractivity (Wildman–Crippen MR) is 121 cm³/mol. The number of nitriles is 1. The predicted octanol–water partition coefficient (Wildman–Crippen LogP) is 3.58. The van der Waals surface area contributed by atoms with Gasteiger partial charge in [-0.2, -0.15) is 18.4 Å². The van der Waals surface area contributed by atoms with Crippen LogP contribution in [0.2, 0.25) is 0 Å². The van der Waals surface area contributed by atoms with Crippen LogP contribution in [0.4, 0.5) is 13.2 Å². The molecule has 1 unspecified atom stereocenters. The minimum absolute atomic E-state index is 0.0933. The van der Waals surface area contributed by atoms with Gasteiger partial charge in [0.2, 0.25) is 0 Å². The first-order chi connectivity index (χ1) is 16.6. The van der Waals surface area contributed by atoms with Crippen molar-refractivity contribution in [3.8, 4) is 34.4 Å². The van der Waals surface area contributed by atoms with E-state index < -0.39 is 29.6 Å². The van der Waals surface area contributed by atoms with Crippen LogP contribution in [0.5, 0.6) is 17.2 Å². The Hall–Kier alpha value is -3.66. The molecule has 2 aromatic carbocycles.